The summed E-state index contributed by atoms with van der Waals surface area (Å²) in [5.74, 6) is 1.45. The molecule has 0 saturated carbocycles. The standard InChI is InChI=1S/C17H25FN2O/c1-21-8-7-19-6-5-15-11-20(13-16(15)12-19)10-14-3-2-4-17(18)9-14/h2-4,9,15-16H,5-8,10-13H2,1H3/t15-,16+/m0/s1. The average Bonchev–Trinajstić information content (AvgIpc) is 2.86. The number of likely N-dealkylation sites (tertiary alicyclic amines) is 2. The predicted molar refractivity (Wildman–Crippen MR) is 81.6 cm³/mol. The molecule has 3 nitrogen and oxygen atoms in total. The second-order valence-corrected chi connectivity index (χ2v) is 6.43. The van der Waals surface area contributed by atoms with Crippen LogP contribution in [0.25, 0.3) is 0 Å². The van der Waals surface area contributed by atoms with Crippen LogP contribution in [0.2, 0.25) is 0 Å². The highest BCUT2D eigenvalue weighted by Gasteiger charge is 2.36. The van der Waals surface area contributed by atoms with Gasteiger partial charge in [0.25, 0.3) is 0 Å². The van der Waals surface area contributed by atoms with E-state index in [1.165, 1.54) is 32.1 Å². The third-order valence-corrected chi connectivity index (χ3v) is 4.87. The van der Waals surface area contributed by atoms with Crippen molar-refractivity contribution in [1.82, 2.24) is 9.80 Å². The highest BCUT2D eigenvalue weighted by Crippen LogP contribution is 2.31. The maximum atomic E-state index is 13.3. The second-order valence-electron chi connectivity index (χ2n) is 6.43. The highest BCUT2D eigenvalue weighted by molar-refractivity contribution is 5.16. The quantitative estimate of drug-likeness (QED) is 0.828. The molecular weight excluding hydrogens is 267 g/mol. The molecule has 2 atom stereocenters. The molecule has 1 aromatic carbocycles. The molecule has 0 N–H and O–H groups in total. The molecule has 0 unspecified atom stereocenters. The Morgan fingerprint density at radius 1 is 1.19 bits per heavy atom. The summed E-state index contributed by atoms with van der Waals surface area (Å²) in [6, 6.07) is 7.00. The Balaban J connectivity index is 1.53. The SMILES string of the molecule is COCCN1CC[C@H]2CN(Cc3cccc(F)c3)C[C@H]2C1. The molecule has 3 rings (SSSR count). The summed E-state index contributed by atoms with van der Waals surface area (Å²) in [6.45, 7) is 7.44. The highest BCUT2D eigenvalue weighted by atomic mass is 19.1. The summed E-state index contributed by atoms with van der Waals surface area (Å²) in [4.78, 5) is 5.01. The fourth-order valence-electron chi connectivity index (χ4n) is 3.79. The van der Waals surface area contributed by atoms with Crippen molar-refractivity contribution in [3.63, 3.8) is 0 Å². The summed E-state index contributed by atoms with van der Waals surface area (Å²) in [5.41, 5.74) is 1.09. The van der Waals surface area contributed by atoms with Crippen molar-refractivity contribution in [3.05, 3.63) is 35.6 Å². The van der Waals surface area contributed by atoms with E-state index >= 15 is 0 Å². The first-order valence-electron chi connectivity index (χ1n) is 7.92. The van der Waals surface area contributed by atoms with E-state index in [1.54, 1.807) is 19.2 Å². The Labute approximate surface area is 126 Å². The fraction of sp³-hybridized carbons (Fsp3) is 0.647. The summed E-state index contributed by atoms with van der Waals surface area (Å²) >= 11 is 0. The molecule has 0 spiro atoms. The molecule has 2 saturated heterocycles. The number of rotatable bonds is 5. The zero-order valence-corrected chi connectivity index (χ0v) is 12.8. The van der Waals surface area contributed by atoms with Crippen LogP contribution < -0.4 is 0 Å². The lowest BCUT2D eigenvalue weighted by Crippen LogP contribution is -2.41. The smallest absolute Gasteiger partial charge is 0.123 e. The number of hydrogen-bond donors (Lipinski definition) is 0. The normalized spacial score (nSPS) is 27.0. The third kappa shape index (κ3) is 3.82. The second kappa shape index (κ2) is 6.86. The summed E-state index contributed by atoms with van der Waals surface area (Å²) in [5, 5.41) is 0. The van der Waals surface area contributed by atoms with Gasteiger partial charge in [0, 0.05) is 39.8 Å². The van der Waals surface area contributed by atoms with Gasteiger partial charge in [-0.25, -0.2) is 4.39 Å². The molecule has 2 fully saturated rings. The van der Waals surface area contributed by atoms with E-state index in [0.717, 1.165) is 43.6 Å². The number of hydrogen-bond acceptors (Lipinski definition) is 3. The zero-order valence-electron chi connectivity index (χ0n) is 12.8. The molecule has 0 amide bonds. The van der Waals surface area contributed by atoms with Crippen molar-refractivity contribution >= 4 is 0 Å². The Morgan fingerprint density at radius 3 is 2.81 bits per heavy atom. The first-order valence-corrected chi connectivity index (χ1v) is 7.92. The maximum absolute atomic E-state index is 13.3. The van der Waals surface area contributed by atoms with E-state index in [0.29, 0.717) is 0 Å². The van der Waals surface area contributed by atoms with Crippen LogP contribution >= 0.6 is 0 Å². The molecule has 1 aromatic rings. The molecule has 2 heterocycles. The van der Waals surface area contributed by atoms with Crippen LogP contribution in [0, 0.1) is 17.7 Å². The molecule has 2 aliphatic heterocycles. The lowest BCUT2D eigenvalue weighted by atomic mass is 9.89. The van der Waals surface area contributed by atoms with Gasteiger partial charge in [0.1, 0.15) is 5.82 Å². The van der Waals surface area contributed by atoms with Gasteiger partial charge in [-0.2, -0.15) is 0 Å². The topological polar surface area (TPSA) is 15.7 Å². The third-order valence-electron chi connectivity index (χ3n) is 4.87. The lowest BCUT2D eigenvalue weighted by molar-refractivity contribution is 0.102. The summed E-state index contributed by atoms with van der Waals surface area (Å²) in [7, 11) is 1.77. The van der Waals surface area contributed by atoms with Crippen LogP contribution in [0.4, 0.5) is 4.39 Å². The van der Waals surface area contributed by atoms with Crippen molar-refractivity contribution < 1.29 is 9.13 Å². The van der Waals surface area contributed by atoms with E-state index in [2.05, 4.69) is 9.80 Å². The Morgan fingerprint density at radius 2 is 2.00 bits per heavy atom. The molecule has 0 aliphatic carbocycles. The summed E-state index contributed by atoms with van der Waals surface area (Å²) in [6.07, 6.45) is 1.29. The largest absolute Gasteiger partial charge is 0.383 e. The first kappa shape index (κ1) is 14.9. The van der Waals surface area contributed by atoms with Gasteiger partial charge in [-0.15, -0.1) is 0 Å². The number of benzene rings is 1. The first-order chi connectivity index (χ1) is 10.2. The van der Waals surface area contributed by atoms with Gasteiger partial charge in [0.05, 0.1) is 6.61 Å². The van der Waals surface area contributed by atoms with Gasteiger partial charge in [-0.05, 0) is 42.5 Å². The van der Waals surface area contributed by atoms with E-state index in [-0.39, 0.29) is 5.82 Å². The van der Waals surface area contributed by atoms with E-state index in [4.69, 9.17) is 4.74 Å². The van der Waals surface area contributed by atoms with Crippen LogP contribution in [0.15, 0.2) is 24.3 Å². The van der Waals surface area contributed by atoms with Gasteiger partial charge >= 0.3 is 0 Å². The van der Waals surface area contributed by atoms with Crippen LogP contribution in [0.3, 0.4) is 0 Å². The number of methoxy groups -OCH3 is 1. The Kier molecular flexibility index (Phi) is 4.88. The number of halogens is 1. The maximum Gasteiger partial charge on any atom is 0.123 e. The zero-order chi connectivity index (χ0) is 14.7. The van der Waals surface area contributed by atoms with Gasteiger partial charge in [-0.3, -0.25) is 4.90 Å². The van der Waals surface area contributed by atoms with E-state index in [9.17, 15) is 4.39 Å². The number of fused-ring (bicyclic) bond motifs is 1. The lowest BCUT2D eigenvalue weighted by Gasteiger charge is -2.34. The van der Waals surface area contributed by atoms with Crippen LogP contribution in [0.1, 0.15) is 12.0 Å². The molecule has 0 bridgehead atoms. The number of nitrogens with zero attached hydrogens (tertiary/aromatic N) is 2. The number of piperidine rings is 1. The molecule has 4 heteroatoms. The van der Waals surface area contributed by atoms with Crippen LogP contribution in [0.5, 0.6) is 0 Å². The van der Waals surface area contributed by atoms with Gasteiger partial charge in [0.2, 0.25) is 0 Å². The number of ether oxygens (including phenoxy) is 1. The van der Waals surface area contributed by atoms with Crippen molar-refractivity contribution in [1.29, 1.82) is 0 Å². The Bertz CT molecular complexity index is 468. The van der Waals surface area contributed by atoms with Gasteiger partial charge < -0.3 is 9.64 Å². The molecule has 116 valence electrons. The average molecular weight is 292 g/mol. The van der Waals surface area contributed by atoms with E-state index < -0.39 is 0 Å². The fourth-order valence-corrected chi connectivity index (χ4v) is 3.79. The predicted octanol–water partition coefficient (Wildman–Crippen LogP) is 2.23. The van der Waals surface area contributed by atoms with Crippen LogP contribution in [-0.4, -0.2) is 56.2 Å². The van der Waals surface area contributed by atoms with Crippen molar-refractivity contribution in [2.45, 2.75) is 13.0 Å². The Hall–Kier alpha value is -0.970. The molecule has 2 aliphatic rings. The van der Waals surface area contributed by atoms with Crippen molar-refractivity contribution in [3.8, 4) is 0 Å². The monoisotopic (exact) mass is 292 g/mol. The van der Waals surface area contributed by atoms with E-state index in [1.807, 2.05) is 6.07 Å². The van der Waals surface area contributed by atoms with Gasteiger partial charge in [-0.1, -0.05) is 12.1 Å². The van der Waals surface area contributed by atoms with Crippen molar-refractivity contribution in [2.24, 2.45) is 11.8 Å². The molecular formula is C17H25FN2O. The minimum absolute atomic E-state index is 0.130. The minimum Gasteiger partial charge on any atom is -0.383 e. The molecule has 0 radical (unpaired) electrons. The van der Waals surface area contributed by atoms with Gasteiger partial charge in [0.15, 0.2) is 0 Å². The molecule has 21 heavy (non-hydrogen) atoms. The van der Waals surface area contributed by atoms with Crippen LogP contribution in [-0.2, 0) is 11.3 Å². The minimum atomic E-state index is -0.130. The molecule has 0 aromatic heterocycles. The summed E-state index contributed by atoms with van der Waals surface area (Å²) < 4.78 is 18.4. The van der Waals surface area contributed by atoms with Crippen molar-refractivity contribution in [2.75, 3.05) is 46.4 Å².